The lowest BCUT2D eigenvalue weighted by Crippen LogP contribution is -2.78. The topological polar surface area (TPSA) is 45.2 Å². The van der Waals surface area contributed by atoms with Crippen molar-refractivity contribution in [3.8, 4) is 11.5 Å². The molecule has 2 saturated carbocycles. The molecule has 2 aromatic rings. The molecule has 8 rings (SSSR count). The summed E-state index contributed by atoms with van der Waals surface area (Å²) in [6.07, 6.45) is 11.8. The molecule has 2 bridgehead atoms. The van der Waals surface area contributed by atoms with Crippen LogP contribution in [0.2, 0.25) is 0 Å². The Hall–Kier alpha value is -2.08. The van der Waals surface area contributed by atoms with Gasteiger partial charge in [0.05, 0.1) is 11.0 Å². The molecule has 6 atom stereocenters. The molecule has 5 nitrogen and oxygen atoms in total. The minimum Gasteiger partial charge on any atom is -0.485 e. The lowest BCUT2D eigenvalue weighted by molar-refractivity contribution is -0.199. The van der Waals surface area contributed by atoms with Crippen molar-refractivity contribution in [1.82, 2.24) is 9.80 Å². The van der Waals surface area contributed by atoms with Gasteiger partial charge in [-0.05, 0) is 93.5 Å². The van der Waals surface area contributed by atoms with E-state index in [0.29, 0.717) is 12.6 Å². The lowest BCUT2D eigenvalue weighted by atomic mass is 9.48. The number of unbranched alkanes of at least 4 members (excludes halogenated alkanes) is 1. The third kappa shape index (κ3) is 3.83. The number of ether oxygens (including phenoxy) is 2. The van der Waals surface area contributed by atoms with Gasteiger partial charge in [0.2, 0.25) is 0 Å². The first kappa shape index (κ1) is 25.6. The van der Waals surface area contributed by atoms with Gasteiger partial charge in [0, 0.05) is 30.7 Å². The van der Waals surface area contributed by atoms with Crippen LogP contribution >= 0.6 is 0 Å². The van der Waals surface area contributed by atoms with E-state index in [1.54, 1.807) is 0 Å². The predicted octanol–water partition coefficient (Wildman–Crippen LogP) is 5.71. The number of benzene rings is 2. The van der Waals surface area contributed by atoms with Crippen LogP contribution < -0.4 is 9.47 Å². The SMILES string of the molecule is CCCCC1CCN([C@H]2CC[C@@]3(O)[C@H]4Cc5ccc(OCc6ccccc6)c6c5[C@@]3(CCN4CC3CC3)[C@H]2O6)C1. The number of hydrogen-bond donors (Lipinski definition) is 1. The van der Waals surface area contributed by atoms with E-state index in [-0.39, 0.29) is 17.6 Å². The summed E-state index contributed by atoms with van der Waals surface area (Å²) in [6.45, 7) is 7.43. The summed E-state index contributed by atoms with van der Waals surface area (Å²) in [5.41, 5.74) is 2.79. The molecule has 4 fully saturated rings. The highest BCUT2D eigenvalue weighted by Gasteiger charge is 2.73. The Morgan fingerprint density at radius 1 is 1.00 bits per heavy atom. The third-order valence-corrected chi connectivity index (χ3v) is 11.7. The van der Waals surface area contributed by atoms with E-state index in [4.69, 9.17) is 9.47 Å². The van der Waals surface area contributed by atoms with Crippen LogP contribution in [0, 0.1) is 11.8 Å². The Morgan fingerprint density at radius 2 is 1.88 bits per heavy atom. The zero-order valence-electron chi connectivity index (χ0n) is 24.2. The quantitative estimate of drug-likeness (QED) is 0.440. The minimum atomic E-state index is -0.737. The van der Waals surface area contributed by atoms with Gasteiger partial charge in [-0.15, -0.1) is 0 Å². The summed E-state index contributed by atoms with van der Waals surface area (Å²) >= 11 is 0. The Morgan fingerprint density at radius 3 is 2.70 bits per heavy atom. The summed E-state index contributed by atoms with van der Waals surface area (Å²) in [5.74, 6) is 3.44. The van der Waals surface area contributed by atoms with E-state index in [0.717, 1.165) is 62.1 Å². The van der Waals surface area contributed by atoms with Crippen molar-refractivity contribution in [3.63, 3.8) is 0 Å². The molecule has 2 saturated heterocycles. The summed E-state index contributed by atoms with van der Waals surface area (Å²) < 4.78 is 13.7. The van der Waals surface area contributed by atoms with Crippen LogP contribution in [0.5, 0.6) is 11.5 Å². The fraction of sp³-hybridized carbons (Fsp3) is 0.657. The van der Waals surface area contributed by atoms with Crippen LogP contribution in [-0.4, -0.2) is 64.9 Å². The van der Waals surface area contributed by atoms with Crippen LogP contribution in [0.4, 0.5) is 0 Å². The van der Waals surface area contributed by atoms with Crippen molar-refractivity contribution in [2.24, 2.45) is 11.8 Å². The molecule has 214 valence electrons. The van der Waals surface area contributed by atoms with E-state index < -0.39 is 5.60 Å². The van der Waals surface area contributed by atoms with Gasteiger partial charge in [0.15, 0.2) is 11.5 Å². The first-order chi connectivity index (χ1) is 19.6. The van der Waals surface area contributed by atoms with Crippen molar-refractivity contribution >= 4 is 0 Å². The van der Waals surface area contributed by atoms with Crippen molar-refractivity contribution in [1.29, 1.82) is 0 Å². The number of nitrogens with zero attached hydrogens (tertiary/aromatic N) is 2. The molecular formula is C35H46N2O3. The van der Waals surface area contributed by atoms with Gasteiger partial charge < -0.3 is 14.6 Å². The molecule has 3 aliphatic carbocycles. The van der Waals surface area contributed by atoms with Crippen LogP contribution in [0.1, 0.15) is 81.4 Å². The van der Waals surface area contributed by atoms with Crippen LogP contribution in [-0.2, 0) is 18.4 Å². The van der Waals surface area contributed by atoms with E-state index in [2.05, 4.69) is 53.1 Å². The Labute approximate surface area is 239 Å². The number of rotatable bonds is 9. The summed E-state index contributed by atoms with van der Waals surface area (Å²) in [5, 5.41) is 13.0. The fourth-order valence-corrected chi connectivity index (χ4v) is 9.56. The summed E-state index contributed by atoms with van der Waals surface area (Å²) in [4.78, 5) is 5.44. The van der Waals surface area contributed by atoms with E-state index in [9.17, 15) is 5.11 Å². The first-order valence-electron chi connectivity index (χ1n) is 16.3. The van der Waals surface area contributed by atoms with Gasteiger partial charge in [0.1, 0.15) is 12.7 Å². The van der Waals surface area contributed by atoms with E-state index in [1.807, 2.05) is 6.07 Å². The predicted molar refractivity (Wildman–Crippen MR) is 157 cm³/mol. The second-order valence-corrected chi connectivity index (χ2v) is 13.9. The molecule has 0 radical (unpaired) electrons. The van der Waals surface area contributed by atoms with Gasteiger partial charge >= 0.3 is 0 Å². The molecule has 40 heavy (non-hydrogen) atoms. The molecule has 1 unspecified atom stereocenters. The third-order valence-electron chi connectivity index (χ3n) is 11.7. The largest absolute Gasteiger partial charge is 0.485 e. The smallest absolute Gasteiger partial charge is 0.166 e. The molecule has 3 aliphatic heterocycles. The summed E-state index contributed by atoms with van der Waals surface area (Å²) in [6, 6.07) is 15.4. The van der Waals surface area contributed by atoms with Crippen LogP contribution in [0.25, 0.3) is 0 Å². The van der Waals surface area contributed by atoms with Crippen LogP contribution in [0.3, 0.4) is 0 Å². The van der Waals surface area contributed by atoms with Crippen molar-refractivity contribution < 1.29 is 14.6 Å². The molecule has 5 heteroatoms. The second-order valence-electron chi connectivity index (χ2n) is 13.9. The van der Waals surface area contributed by atoms with Crippen molar-refractivity contribution in [3.05, 3.63) is 59.2 Å². The fourth-order valence-electron chi connectivity index (χ4n) is 9.56. The first-order valence-corrected chi connectivity index (χ1v) is 16.3. The van der Waals surface area contributed by atoms with Gasteiger partial charge in [-0.3, -0.25) is 9.80 Å². The van der Waals surface area contributed by atoms with E-state index in [1.165, 1.54) is 68.3 Å². The zero-order valence-corrected chi connectivity index (χ0v) is 24.2. The molecule has 2 aromatic carbocycles. The Kier molecular flexibility index (Phi) is 6.24. The standard InChI is InChI=1S/C35H46N2O3/c1-2-3-7-24-15-18-36(21-24)28-14-16-35(38)30-20-27-12-13-29(39-23-26-8-5-4-6-9-26)32-31(27)34(35,33(28)40-32)17-19-37(30)22-25-10-11-25/h4-6,8-9,12-13,24-25,28,30,33,38H,2-3,7,10-11,14-23H2,1H3/t24?,28-,30+,33-,34-,35+/m0/s1. The zero-order chi connectivity index (χ0) is 26.9. The molecule has 0 amide bonds. The highest BCUT2D eigenvalue weighted by atomic mass is 16.5. The molecule has 6 aliphatic rings. The maximum atomic E-state index is 13.0. The van der Waals surface area contributed by atoms with Crippen molar-refractivity contribution in [2.45, 2.75) is 107 Å². The van der Waals surface area contributed by atoms with Crippen LogP contribution in [0.15, 0.2) is 42.5 Å². The van der Waals surface area contributed by atoms with Gasteiger partial charge in [0.25, 0.3) is 0 Å². The Bertz CT molecular complexity index is 1250. The number of likely N-dealkylation sites (tertiary alicyclic amines) is 2. The average molecular weight is 543 g/mol. The summed E-state index contributed by atoms with van der Waals surface area (Å²) in [7, 11) is 0. The lowest BCUT2D eigenvalue weighted by Gasteiger charge is -2.65. The highest BCUT2D eigenvalue weighted by molar-refractivity contribution is 5.63. The Balaban J connectivity index is 1.17. The number of hydrogen-bond acceptors (Lipinski definition) is 5. The highest BCUT2D eigenvalue weighted by Crippen LogP contribution is 2.66. The molecule has 0 aromatic heterocycles. The molecule has 3 heterocycles. The maximum absolute atomic E-state index is 13.0. The normalized spacial score (nSPS) is 36.4. The van der Waals surface area contributed by atoms with E-state index >= 15 is 0 Å². The monoisotopic (exact) mass is 542 g/mol. The number of aliphatic hydroxyl groups is 1. The van der Waals surface area contributed by atoms with Gasteiger partial charge in [-0.2, -0.15) is 0 Å². The average Bonchev–Trinajstić information content (AvgIpc) is 3.54. The van der Waals surface area contributed by atoms with Gasteiger partial charge in [-0.25, -0.2) is 0 Å². The molecular weight excluding hydrogens is 496 g/mol. The number of piperidine rings is 1. The van der Waals surface area contributed by atoms with Crippen molar-refractivity contribution in [2.75, 3.05) is 26.2 Å². The molecule has 1 N–H and O–H groups in total. The minimum absolute atomic E-state index is 0.00252. The maximum Gasteiger partial charge on any atom is 0.166 e. The second kappa shape index (κ2) is 9.74. The van der Waals surface area contributed by atoms with Gasteiger partial charge in [-0.1, -0.05) is 56.2 Å². The molecule has 1 spiro atoms.